The summed E-state index contributed by atoms with van der Waals surface area (Å²) in [6, 6.07) is 8.39. The lowest BCUT2D eigenvalue weighted by Gasteiger charge is -2.27. The second-order valence-corrected chi connectivity index (χ2v) is 11.6. The summed E-state index contributed by atoms with van der Waals surface area (Å²) in [5.41, 5.74) is 1.16. The third-order valence-electron chi connectivity index (χ3n) is 7.16. The topological polar surface area (TPSA) is 156 Å². The summed E-state index contributed by atoms with van der Waals surface area (Å²) < 4.78 is 11.2. The molecule has 0 aliphatic carbocycles. The van der Waals surface area contributed by atoms with Crippen LogP contribution in [0.1, 0.15) is 76.2 Å². The lowest BCUT2D eigenvalue weighted by molar-refractivity contribution is -0.144. The highest BCUT2D eigenvalue weighted by molar-refractivity contribution is 7.09. The van der Waals surface area contributed by atoms with E-state index in [0.717, 1.165) is 12.0 Å². The van der Waals surface area contributed by atoms with Crippen LogP contribution in [0.5, 0.6) is 0 Å². The minimum Gasteiger partial charge on any atom is -0.446 e. The van der Waals surface area contributed by atoms with E-state index in [2.05, 4.69) is 25.9 Å². The summed E-state index contributed by atoms with van der Waals surface area (Å²) in [5, 5.41) is 10.9. The fourth-order valence-electron chi connectivity index (χ4n) is 4.91. The Morgan fingerprint density at radius 2 is 1.90 bits per heavy atom. The van der Waals surface area contributed by atoms with Crippen molar-refractivity contribution in [2.45, 2.75) is 51.3 Å². The first-order chi connectivity index (χ1) is 20.3. The maximum Gasteiger partial charge on any atom is 0.273 e. The average Bonchev–Trinajstić information content (AvgIpc) is 3.77. The summed E-state index contributed by atoms with van der Waals surface area (Å²) in [5.74, 6) is -1.48. The van der Waals surface area contributed by atoms with Gasteiger partial charge in [-0.25, -0.2) is 9.97 Å². The molecule has 0 unspecified atom stereocenters. The Bertz CT molecular complexity index is 1420. The zero-order chi connectivity index (χ0) is 29.6. The highest BCUT2D eigenvalue weighted by Gasteiger charge is 2.31. The molecule has 2 aliphatic heterocycles. The van der Waals surface area contributed by atoms with Gasteiger partial charge in [0.1, 0.15) is 29.1 Å². The first kappa shape index (κ1) is 29.4. The van der Waals surface area contributed by atoms with E-state index >= 15 is 0 Å². The van der Waals surface area contributed by atoms with Crippen molar-refractivity contribution < 1.29 is 28.3 Å². The first-order valence-electron chi connectivity index (χ1n) is 14.0. The maximum absolute atomic E-state index is 13.3. The molecule has 1 aromatic carbocycles. The number of thiazole rings is 1. The summed E-state index contributed by atoms with van der Waals surface area (Å²) >= 11 is 1.27. The smallest absolute Gasteiger partial charge is 0.273 e. The van der Waals surface area contributed by atoms with Crippen LogP contribution < -0.4 is 16.0 Å². The number of hydrogen-bond acceptors (Lipinski definition) is 9. The van der Waals surface area contributed by atoms with Gasteiger partial charge in [-0.2, -0.15) is 0 Å². The van der Waals surface area contributed by atoms with E-state index in [9.17, 15) is 19.2 Å². The first-order valence-corrected chi connectivity index (χ1v) is 14.9. The van der Waals surface area contributed by atoms with Crippen molar-refractivity contribution in [3.8, 4) is 0 Å². The van der Waals surface area contributed by atoms with E-state index in [4.69, 9.17) is 9.15 Å². The summed E-state index contributed by atoms with van der Waals surface area (Å²) in [6.45, 7) is 4.34. The molecule has 1 fully saturated rings. The number of carbonyl (C=O) groups excluding carboxylic acids is 4. The molecule has 1 saturated heterocycles. The minimum absolute atomic E-state index is 0.0314. The average molecular weight is 595 g/mol. The van der Waals surface area contributed by atoms with Gasteiger partial charge < -0.3 is 30.0 Å². The van der Waals surface area contributed by atoms with Crippen LogP contribution in [0, 0.1) is 5.92 Å². The van der Waals surface area contributed by atoms with Crippen LogP contribution in [0.3, 0.4) is 0 Å². The number of hydrogen-bond donors (Lipinski definition) is 3. The van der Waals surface area contributed by atoms with Crippen molar-refractivity contribution in [3.63, 3.8) is 0 Å². The van der Waals surface area contributed by atoms with Crippen LogP contribution in [0.25, 0.3) is 0 Å². The lowest BCUT2D eigenvalue weighted by Crippen LogP contribution is -2.48. The summed E-state index contributed by atoms with van der Waals surface area (Å²) in [4.78, 5) is 63.0. The molecule has 3 atom stereocenters. The molecular formula is C29H34N6O6S. The number of ether oxygens (including phenoxy) is 1. The lowest BCUT2D eigenvalue weighted by atomic mass is 10.0. The van der Waals surface area contributed by atoms with E-state index in [0.29, 0.717) is 24.5 Å². The van der Waals surface area contributed by atoms with Crippen LogP contribution in [0.2, 0.25) is 0 Å². The number of aromatic nitrogens is 2. The predicted octanol–water partition coefficient (Wildman–Crippen LogP) is 2.41. The van der Waals surface area contributed by atoms with Gasteiger partial charge >= 0.3 is 0 Å². The van der Waals surface area contributed by atoms with E-state index in [1.807, 2.05) is 44.2 Å². The number of amides is 4. The van der Waals surface area contributed by atoms with E-state index in [-0.39, 0.29) is 54.6 Å². The van der Waals surface area contributed by atoms with Crippen molar-refractivity contribution >= 4 is 35.0 Å². The predicted molar refractivity (Wildman–Crippen MR) is 153 cm³/mol. The Hall–Kier alpha value is -4.10. The second-order valence-electron chi connectivity index (χ2n) is 10.7. The molecule has 222 valence electrons. The molecule has 13 heteroatoms. The molecule has 5 rings (SSSR count). The fraction of sp³-hybridized carbons (Fsp3) is 0.448. The molecule has 12 nitrogen and oxygen atoms in total. The number of rotatable bonds is 4. The molecule has 0 saturated carbocycles. The third kappa shape index (κ3) is 7.02. The molecular weight excluding hydrogens is 560 g/mol. The Balaban J connectivity index is 1.45. The molecule has 3 N–H and O–H groups in total. The number of benzene rings is 1. The quantitative estimate of drug-likeness (QED) is 0.416. The summed E-state index contributed by atoms with van der Waals surface area (Å²) in [7, 11) is 0. The Morgan fingerprint density at radius 1 is 1.10 bits per heavy atom. The van der Waals surface area contributed by atoms with Gasteiger partial charge in [-0.15, -0.1) is 11.3 Å². The number of carbonyl (C=O) groups is 4. The van der Waals surface area contributed by atoms with Crippen molar-refractivity contribution in [2.75, 3.05) is 26.2 Å². The van der Waals surface area contributed by atoms with Gasteiger partial charge in [-0.1, -0.05) is 44.2 Å². The molecule has 3 aromatic rings. The second kappa shape index (κ2) is 13.3. The molecule has 0 radical (unpaired) electrons. The largest absolute Gasteiger partial charge is 0.446 e. The van der Waals surface area contributed by atoms with Gasteiger partial charge in [0.15, 0.2) is 5.69 Å². The van der Waals surface area contributed by atoms with Crippen LogP contribution in [-0.4, -0.2) is 70.8 Å². The van der Waals surface area contributed by atoms with Crippen LogP contribution in [0.15, 0.2) is 46.4 Å². The number of oxazole rings is 1. The molecule has 0 spiro atoms. The Morgan fingerprint density at radius 3 is 2.64 bits per heavy atom. The van der Waals surface area contributed by atoms with Gasteiger partial charge in [-0.05, 0) is 24.3 Å². The van der Waals surface area contributed by atoms with Crippen LogP contribution >= 0.6 is 11.3 Å². The number of nitrogens with zero attached hydrogens (tertiary/aromatic N) is 3. The Labute approximate surface area is 247 Å². The standard InChI is InChI=1S/C29H34N6O6S/c1-17(2)24-28-33-21(16-42-28)26(38)31-19(13-18-7-4-3-5-8-18)27-32-20(15-41-27)25(37)30-10-11-35(14-23(36)34-24)29(39)22-9-6-12-40-22/h3-5,7-8,15-17,19,22,24H,6,9-14H2,1-2H3,(H,30,37)(H,31,38)(H,34,36)/t19-,22+,24-/m0/s1. The van der Waals surface area contributed by atoms with E-state index in [1.165, 1.54) is 22.5 Å². The molecule has 4 amide bonds. The molecule has 4 heterocycles. The normalized spacial score (nSPS) is 22.2. The molecule has 2 aliphatic rings. The monoisotopic (exact) mass is 594 g/mol. The van der Waals surface area contributed by atoms with Crippen molar-refractivity contribution in [1.82, 2.24) is 30.8 Å². The zero-order valence-electron chi connectivity index (χ0n) is 23.5. The minimum atomic E-state index is -0.675. The zero-order valence-corrected chi connectivity index (χ0v) is 24.3. The van der Waals surface area contributed by atoms with Gasteiger partial charge in [-0.3, -0.25) is 19.2 Å². The highest BCUT2D eigenvalue weighted by atomic mass is 32.1. The van der Waals surface area contributed by atoms with Gasteiger partial charge in [0.2, 0.25) is 11.8 Å². The van der Waals surface area contributed by atoms with Gasteiger partial charge in [0.25, 0.3) is 17.7 Å². The van der Waals surface area contributed by atoms with Crippen molar-refractivity contribution in [1.29, 1.82) is 0 Å². The van der Waals surface area contributed by atoms with E-state index < -0.39 is 30.0 Å². The van der Waals surface area contributed by atoms with E-state index in [1.54, 1.807) is 5.38 Å². The van der Waals surface area contributed by atoms with Crippen LogP contribution in [0.4, 0.5) is 0 Å². The highest BCUT2D eigenvalue weighted by Crippen LogP contribution is 2.26. The van der Waals surface area contributed by atoms with Crippen LogP contribution in [-0.2, 0) is 20.7 Å². The number of nitrogens with one attached hydrogen (secondary N) is 3. The number of fused-ring (bicyclic) bond motifs is 4. The molecule has 42 heavy (non-hydrogen) atoms. The summed E-state index contributed by atoms with van der Waals surface area (Å²) in [6.07, 6.45) is 2.33. The fourth-order valence-corrected chi connectivity index (χ4v) is 5.93. The van der Waals surface area contributed by atoms with Crippen molar-refractivity contribution in [2.24, 2.45) is 5.92 Å². The SMILES string of the molecule is CC(C)[C@@H]1NC(=O)CN(C(=O)[C@H]2CCCO2)CCNC(=O)c2coc(n2)[C@H](Cc2ccccc2)NC(=O)c2csc1n2. The van der Waals surface area contributed by atoms with Gasteiger partial charge in [0, 0.05) is 31.5 Å². The maximum atomic E-state index is 13.3. The molecule has 4 bridgehead atoms. The van der Waals surface area contributed by atoms with Crippen molar-refractivity contribution in [3.05, 3.63) is 69.8 Å². The van der Waals surface area contributed by atoms with Gasteiger partial charge in [0.05, 0.1) is 12.6 Å². The Kier molecular flexibility index (Phi) is 9.28. The molecule has 2 aromatic heterocycles. The third-order valence-corrected chi connectivity index (χ3v) is 8.09.